The highest BCUT2D eigenvalue weighted by molar-refractivity contribution is 6.68. The van der Waals surface area contributed by atoms with Crippen LogP contribution in [0.3, 0.4) is 0 Å². The molecule has 2 rings (SSSR count). The van der Waals surface area contributed by atoms with Crippen molar-refractivity contribution in [2.75, 3.05) is 0 Å². The van der Waals surface area contributed by atoms with Crippen molar-refractivity contribution in [2.45, 2.75) is 71.5 Å². The monoisotopic (exact) mass is 456 g/mol. The summed E-state index contributed by atoms with van der Waals surface area (Å²) in [7, 11) is 0. The third-order valence-corrected chi connectivity index (χ3v) is 8.23. The first kappa shape index (κ1) is 25.7. The lowest BCUT2D eigenvalue weighted by Gasteiger charge is -2.29. The Hall–Kier alpha value is -1.58. The van der Waals surface area contributed by atoms with Crippen LogP contribution in [0.1, 0.15) is 66.5 Å². The Bertz CT molecular complexity index is 929. The van der Waals surface area contributed by atoms with Crippen LogP contribution in [0.15, 0.2) is 18.2 Å². The maximum atomic E-state index is 14.6. The number of hydrogen-bond donors (Lipinski definition) is 0. The zero-order chi connectivity index (χ0) is 23.9. The Kier molecular flexibility index (Phi) is 7.55. The van der Waals surface area contributed by atoms with Crippen LogP contribution in [0, 0.1) is 35.0 Å². The second-order valence-corrected chi connectivity index (χ2v) is 12.7. The van der Waals surface area contributed by atoms with Crippen LogP contribution in [-0.4, -0.2) is 14.5 Å². The molecule has 0 aliphatic carbocycles. The van der Waals surface area contributed by atoms with Gasteiger partial charge in [-0.25, -0.2) is 22.0 Å². The van der Waals surface area contributed by atoms with Crippen LogP contribution < -0.4 is 8.21 Å². The van der Waals surface area contributed by atoms with Crippen molar-refractivity contribution in [1.29, 1.82) is 0 Å². The Morgan fingerprint density at radius 1 is 0.774 bits per heavy atom. The summed E-state index contributed by atoms with van der Waals surface area (Å²) in [5, 5.41) is 0.211. The first-order valence-corrected chi connectivity index (χ1v) is 12.2. The van der Waals surface area contributed by atoms with E-state index in [-0.39, 0.29) is 22.0 Å². The zero-order valence-corrected chi connectivity index (χ0v) is 20.5. The Balaban J connectivity index is 2.67. The highest BCUT2D eigenvalue weighted by Crippen LogP contribution is 2.36. The van der Waals surface area contributed by atoms with Crippen LogP contribution >= 0.6 is 0 Å². The van der Waals surface area contributed by atoms with Gasteiger partial charge in [0.25, 0.3) is 0 Å². The van der Waals surface area contributed by atoms with Crippen molar-refractivity contribution in [3.63, 3.8) is 0 Å². The molecule has 2 aromatic carbocycles. The van der Waals surface area contributed by atoms with Gasteiger partial charge in [-0.05, 0) is 33.3 Å². The molecule has 0 saturated heterocycles. The summed E-state index contributed by atoms with van der Waals surface area (Å²) in [6, 6.07) is 5.62. The normalized spacial score (nSPS) is 12.5. The number of benzene rings is 2. The lowest BCUT2D eigenvalue weighted by Crippen LogP contribution is -2.44. The number of halogens is 5. The number of rotatable bonds is 5. The maximum Gasteiger partial charge on any atom is 0.595 e. The first-order valence-electron chi connectivity index (χ1n) is 10.4. The van der Waals surface area contributed by atoms with Crippen molar-refractivity contribution in [2.24, 2.45) is 5.92 Å². The van der Waals surface area contributed by atoms with Gasteiger partial charge in [0.15, 0.2) is 29.1 Å². The topological polar surface area (TPSA) is 9.23 Å². The lowest BCUT2D eigenvalue weighted by atomic mass is 9.80. The van der Waals surface area contributed by atoms with Crippen LogP contribution in [0.2, 0.25) is 5.28 Å². The van der Waals surface area contributed by atoms with E-state index >= 15 is 0 Å². The van der Waals surface area contributed by atoms with Crippen molar-refractivity contribution >= 4 is 18.9 Å². The molecule has 0 saturated carbocycles. The first-order chi connectivity index (χ1) is 14.1. The second kappa shape index (κ2) is 9.12. The van der Waals surface area contributed by atoms with Crippen molar-refractivity contribution in [3.8, 4) is 5.75 Å². The highest BCUT2D eigenvalue weighted by atomic mass is 27.2. The van der Waals surface area contributed by atoms with E-state index in [0.717, 1.165) is 11.1 Å². The summed E-state index contributed by atoms with van der Waals surface area (Å²) in [6.07, 6.45) is 0. The molecular weight excluding hydrogens is 426 g/mol. The third-order valence-electron chi connectivity index (χ3n) is 5.17. The Morgan fingerprint density at radius 3 is 1.68 bits per heavy atom. The summed E-state index contributed by atoms with van der Waals surface area (Å²) < 4.78 is 75.9. The van der Waals surface area contributed by atoms with Gasteiger partial charge in [-0.3, -0.25) is 0 Å². The van der Waals surface area contributed by atoms with E-state index < -0.39 is 48.0 Å². The third kappa shape index (κ3) is 5.62. The van der Waals surface area contributed by atoms with Gasteiger partial charge in [0.05, 0.1) is 5.75 Å². The largest absolute Gasteiger partial charge is 0.639 e. The van der Waals surface area contributed by atoms with E-state index in [1.54, 1.807) is 6.07 Å². The molecule has 0 unspecified atom stereocenters. The minimum Gasteiger partial charge on any atom is -0.639 e. The predicted octanol–water partition coefficient (Wildman–Crippen LogP) is 6.91. The highest BCUT2D eigenvalue weighted by Gasteiger charge is 2.39. The van der Waals surface area contributed by atoms with E-state index in [9.17, 15) is 22.0 Å². The minimum atomic E-state index is -3.09. The minimum absolute atomic E-state index is 0.0569. The quantitative estimate of drug-likeness (QED) is 0.206. The SMILES string of the molecule is CC(C)[CH2][Al]([O]c1ccc(C(C)(C)C)cc1C(C)(C)C)[c]1c(F)c(F)c(F)c(F)c1F. The summed E-state index contributed by atoms with van der Waals surface area (Å²) in [5.74, 6) is -9.24. The summed E-state index contributed by atoms with van der Waals surface area (Å²) >= 11 is -3.09. The maximum absolute atomic E-state index is 14.6. The molecule has 31 heavy (non-hydrogen) atoms. The van der Waals surface area contributed by atoms with Gasteiger partial charge in [0.2, 0.25) is 0 Å². The fourth-order valence-electron chi connectivity index (χ4n) is 3.40. The molecule has 0 spiro atoms. The van der Waals surface area contributed by atoms with E-state index in [4.69, 9.17) is 3.79 Å². The van der Waals surface area contributed by atoms with Crippen molar-refractivity contribution in [3.05, 3.63) is 58.4 Å². The smallest absolute Gasteiger partial charge is 0.595 e. The molecule has 0 aromatic heterocycles. The molecule has 0 fully saturated rings. The molecule has 7 heteroatoms. The van der Waals surface area contributed by atoms with E-state index in [1.807, 2.05) is 46.8 Å². The van der Waals surface area contributed by atoms with Crippen molar-refractivity contribution in [1.82, 2.24) is 0 Å². The van der Waals surface area contributed by atoms with E-state index in [0.29, 0.717) is 5.75 Å². The second-order valence-electron chi connectivity index (χ2n) is 10.4. The molecule has 1 nitrogen and oxygen atoms in total. The van der Waals surface area contributed by atoms with Gasteiger partial charge in [0.1, 0.15) is 0 Å². The molecule has 0 heterocycles. The molecule has 0 radical (unpaired) electrons. The summed E-state index contributed by atoms with van der Waals surface area (Å²) in [6.45, 7) is 15.8. The number of hydrogen-bond acceptors (Lipinski definition) is 1. The van der Waals surface area contributed by atoms with Crippen LogP contribution in [0.25, 0.3) is 0 Å². The van der Waals surface area contributed by atoms with Crippen LogP contribution in [0.4, 0.5) is 22.0 Å². The Morgan fingerprint density at radius 2 is 1.26 bits per heavy atom. The van der Waals surface area contributed by atoms with Crippen LogP contribution in [0.5, 0.6) is 5.75 Å². The van der Waals surface area contributed by atoms with Gasteiger partial charge in [-0.1, -0.05) is 73.4 Å². The molecule has 0 amide bonds. The molecule has 170 valence electrons. The van der Waals surface area contributed by atoms with Crippen LogP contribution in [-0.2, 0) is 10.8 Å². The van der Waals surface area contributed by atoms with Gasteiger partial charge >= 0.3 is 14.5 Å². The summed E-state index contributed by atoms with van der Waals surface area (Å²) in [5.41, 5.74) is 1.39. The average molecular weight is 456 g/mol. The lowest BCUT2D eigenvalue weighted by molar-refractivity contribution is 0.382. The standard InChI is InChI=1S/C14H22O.C6F5.C4H9.Al/c1-13(2,3)10-7-8-12(15)11(9-10)14(4,5)6;7-2-1-3(8)5(10)6(11)4(2)9;1-4(2)3;/h7-9,15H,1-6H3;;4H,1H2,2-3H3;/q;;;+1/p-1. The molecule has 0 aliphatic heterocycles. The summed E-state index contributed by atoms with van der Waals surface area (Å²) in [4.78, 5) is 0. The fraction of sp³-hybridized carbons (Fsp3) is 0.500. The molecule has 2 aromatic rings. The molecule has 0 atom stereocenters. The van der Waals surface area contributed by atoms with Gasteiger partial charge in [-0.2, -0.15) is 0 Å². The van der Waals surface area contributed by atoms with Gasteiger partial charge < -0.3 is 3.79 Å². The zero-order valence-electron chi connectivity index (χ0n) is 19.4. The van der Waals surface area contributed by atoms with Gasteiger partial charge in [0, 0.05) is 4.43 Å². The van der Waals surface area contributed by atoms with E-state index in [2.05, 4.69) is 20.8 Å². The van der Waals surface area contributed by atoms with Gasteiger partial charge in [-0.15, -0.1) is 0 Å². The van der Waals surface area contributed by atoms with E-state index in [1.165, 1.54) is 0 Å². The van der Waals surface area contributed by atoms with Crippen molar-refractivity contribution < 1.29 is 25.7 Å². The molecular formula is C24H30AlF5O. The average Bonchev–Trinajstić information content (AvgIpc) is 2.63. The molecule has 0 bridgehead atoms. The Labute approximate surface area is 186 Å². The molecule has 0 N–H and O–H groups in total. The molecule has 0 aliphatic rings. The predicted molar refractivity (Wildman–Crippen MR) is 116 cm³/mol. The fourth-order valence-corrected chi connectivity index (χ4v) is 6.03.